The van der Waals surface area contributed by atoms with Crippen LogP contribution in [0.25, 0.3) is 0 Å². The molecule has 0 spiro atoms. The minimum atomic E-state index is -1.58. The number of unbranched alkanes of at least 4 members (excludes halogenated alkanes) is 5. The van der Waals surface area contributed by atoms with Gasteiger partial charge >= 0.3 is 0 Å². The highest BCUT2D eigenvalue weighted by molar-refractivity contribution is 5.16. The standard InChI is InChI=1S/C25H43FO3/c1-6-7-8-9-10-11-16-23(25(27,28-20(2)3)29-21(4)5)17-12-14-22-15-13-18-24(26)19-22/h13,15,18-21,23,27H,6-12,14,16-17H2,1-5H3. The zero-order valence-corrected chi connectivity index (χ0v) is 19.3. The quantitative estimate of drug-likeness (QED) is 0.235. The average molecular weight is 411 g/mol. The molecule has 168 valence electrons. The van der Waals surface area contributed by atoms with E-state index in [4.69, 9.17) is 9.47 Å². The molecule has 0 fully saturated rings. The summed E-state index contributed by atoms with van der Waals surface area (Å²) in [6.07, 6.45) is 10.3. The fraction of sp³-hybridized carbons (Fsp3) is 0.760. The Morgan fingerprint density at radius 3 is 2.07 bits per heavy atom. The number of ether oxygens (including phenoxy) is 2. The molecule has 1 atom stereocenters. The van der Waals surface area contributed by atoms with E-state index in [0.29, 0.717) is 0 Å². The van der Waals surface area contributed by atoms with Crippen LogP contribution in [0.2, 0.25) is 0 Å². The van der Waals surface area contributed by atoms with E-state index >= 15 is 0 Å². The lowest BCUT2D eigenvalue weighted by atomic mass is 9.91. The second kappa shape index (κ2) is 14.1. The molecule has 0 aliphatic carbocycles. The van der Waals surface area contributed by atoms with Gasteiger partial charge in [0.05, 0.1) is 12.2 Å². The Morgan fingerprint density at radius 1 is 0.897 bits per heavy atom. The zero-order valence-electron chi connectivity index (χ0n) is 19.3. The first-order valence-electron chi connectivity index (χ1n) is 11.6. The van der Waals surface area contributed by atoms with Gasteiger partial charge in [0, 0.05) is 5.92 Å². The number of hydrogen-bond donors (Lipinski definition) is 1. The molecule has 0 radical (unpaired) electrons. The summed E-state index contributed by atoms with van der Waals surface area (Å²) in [7, 11) is 0. The van der Waals surface area contributed by atoms with E-state index in [0.717, 1.165) is 37.7 Å². The first-order chi connectivity index (χ1) is 13.8. The lowest BCUT2D eigenvalue weighted by Gasteiger charge is -2.38. The van der Waals surface area contributed by atoms with Crippen molar-refractivity contribution in [1.29, 1.82) is 0 Å². The number of aryl methyl sites for hydroxylation is 1. The minimum absolute atomic E-state index is 0.105. The van der Waals surface area contributed by atoms with Gasteiger partial charge in [-0.15, -0.1) is 0 Å². The Bertz CT molecular complexity index is 535. The lowest BCUT2D eigenvalue weighted by molar-refractivity contribution is -0.407. The molecule has 0 amide bonds. The summed E-state index contributed by atoms with van der Waals surface area (Å²) in [5.41, 5.74) is 0.987. The van der Waals surface area contributed by atoms with E-state index in [1.165, 1.54) is 38.2 Å². The van der Waals surface area contributed by atoms with E-state index in [-0.39, 0.29) is 23.9 Å². The summed E-state index contributed by atoms with van der Waals surface area (Å²) in [6, 6.07) is 6.76. The minimum Gasteiger partial charge on any atom is -0.343 e. The van der Waals surface area contributed by atoms with Gasteiger partial charge in [0.2, 0.25) is 0 Å². The van der Waals surface area contributed by atoms with Gasteiger partial charge in [-0.25, -0.2) is 4.39 Å². The smallest absolute Gasteiger partial charge is 0.283 e. The summed E-state index contributed by atoms with van der Waals surface area (Å²) in [6.45, 7) is 9.90. The van der Waals surface area contributed by atoms with Gasteiger partial charge in [0.25, 0.3) is 5.97 Å². The van der Waals surface area contributed by atoms with Crippen molar-refractivity contribution < 1.29 is 19.0 Å². The number of aliphatic hydroxyl groups is 1. The summed E-state index contributed by atoms with van der Waals surface area (Å²) in [5, 5.41) is 11.3. The fourth-order valence-corrected chi connectivity index (χ4v) is 3.82. The van der Waals surface area contributed by atoms with Gasteiger partial charge in [-0.2, -0.15) is 0 Å². The molecule has 1 rings (SSSR count). The van der Waals surface area contributed by atoms with E-state index in [9.17, 15) is 9.50 Å². The third-order valence-corrected chi connectivity index (χ3v) is 5.14. The maximum Gasteiger partial charge on any atom is 0.283 e. The van der Waals surface area contributed by atoms with Gasteiger partial charge in [-0.3, -0.25) is 0 Å². The Hall–Kier alpha value is -0.970. The van der Waals surface area contributed by atoms with Crippen LogP contribution in [0.1, 0.15) is 98.0 Å². The molecule has 29 heavy (non-hydrogen) atoms. The molecule has 4 heteroatoms. The van der Waals surface area contributed by atoms with Crippen LogP contribution in [0, 0.1) is 11.7 Å². The molecule has 0 aliphatic rings. The largest absolute Gasteiger partial charge is 0.343 e. The van der Waals surface area contributed by atoms with Crippen LogP contribution in [-0.2, 0) is 15.9 Å². The van der Waals surface area contributed by atoms with Crippen LogP contribution < -0.4 is 0 Å². The normalized spacial score (nSPS) is 13.4. The van der Waals surface area contributed by atoms with Crippen molar-refractivity contribution in [2.75, 3.05) is 0 Å². The Morgan fingerprint density at radius 2 is 1.48 bits per heavy atom. The van der Waals surface area contributed by atoms with Crippen molar-refractivity contribution in [3.63, 3.8) is 0 Å². The summed E-state index contributed by atoms with van der Waals surface area (Å²) < 4.78 is 25.2. The predicted molar refractivity (Wildman–Crippen MR) is 118 cm³/mol. The molecular weight excluding hydrogens is 367 g/mol. The maximum absolute atomic E-state index is 13.4. The van der Waals surface area contributed by atoms with Crippen molar-refractivity contribution in [3.8, 4) is 0 Å². The van der Waals surface area contributed by atoms with E-state index < -0.39 is 5.97 Å². The number of benzene rings is 1. The third kappa shape index (κ3) is 11.1. The number of hydrogen-bond acceptors (Lipinski definition) is 3. The van der Waals surface area contributed by atoms with Crippen LogP contribution in [0.5, 0.6) is 0 Å². The van der Waals surface area contributed by atoms with Crippen LogP contribution in [0.3, 0.4) is 0 Å². The second-order valence-corrected chi connectivity index (χ2v) is 8.74. The molecule has 1 N–H and O–H groups in total. The molecule has 1 aromatic carbocycles. The lowest BCUT2D eigenvalue weighted by Crippen LogP contribution is -2.47. The monoisotopic (exact) mass is 410 g/mol. The summed E-state index contributed by atoms with van der Waals surface area (Å²) >= 11 is 0. The number of rotatable bonds is 16. The van der Waals surface area contributed by atoms with Crippen molar-refractivity contribution >= 4 is 0 Å². The molecule has 0 bridgehead atoms. The van der Waals surface area contributed by atoms with Gasteiger partial charge < -0.3 is 14.6 Å². The molecule has 1 aromatic rings. The van der Waals surface area contributed by atoms with E-state index in [1.54, 1.807) is 12.1 Å². The maximum atomic E-state index is 13.4. The molecule has 0 heterocycles. The van der Waals surface area contributed by atoms with Gasteiger partial charge in [0.1, 0.15) is 5.82 Å². The predicted octanol–water partition coefficient (Wildman–Crippen LogP) is 7.01. The van der Waals surface area contributed by atoms with Crippen molar-refractivity contribution in [2.45, 2.75) is 117 Å². The first-order valence-corrected chi connectivity index (χ1v) is 11.6. The molecule has 1 unspecified atom stereocenters. The van der Waals surface area contributed by atoms with Crippen molar-refractivity contribution in [3.05, 3.63) is 35.6 Å². The molecular formula is C25H43FO3. The van der Waals surface area contributed by atoms with Crippen molar-refractivity contribution in [1.82, 2.24) is 0 Å². The SMILES string of the molecule is CCCCCCCCC(CCCc1cccc(F)c1)C(O)(OC(C)C)OC(C)C. The summed E-state index contributed by atoms with van der Waals surface area (Å²) in [4.78, 5) is 0. The molecule has 0 saturated carbocycles. The Labute approximate surface area is 178 Å². The highest BCUT2D eigenvalue weighted by Gasteiger charge is 2.40. The van der Waals surface area contributed by atoms with Crippen LogP contribution in [0.15, 0.2) is 24.3 Å². The average Bonchev–Trinajstić information content (AvgIpc) is 2.61. The Kier molecular flexibility index (Phi) is 12.7. The van der Waals surface area contributed by atoms with Gasteiger partial charge in [-0.05, 0) is 71.1 Å². The number of halogens is 1. The first kappa shape index (κ1) is 26.1. The van der Waals surface area contributed by atoms with Crippen molar-refractivity contribution in [2.24, 2.45) is 5.92 Å². The van der Waals surface area contributed by atoms with Gasteiger partial charge in [0.15, 0.2) is 0 Å². The highest BCUT2D eigenvalue weighted by Crippen LogP contribution is 2.33. The molecule has 0 saturated heterocycles. The molecule has 0 aromatic heterocycles. The van der Waals surface area contributed by atoms with Crippen LogP contribution in [0.4, 0.5) is 4.39 Å². The van der Waals surface area contributed by atoms with E-state index in [2.05, 4.69) is 6.92 Å². The van der Waals surface area contributed by atoms with Crippen LogP contribution >= 0.6 is 0 Å². The third-order valence-electron chi connectivity index (χ3n) is 5.14. The van der Waals surface area contributed by atoms with E-state index in [1.807, 2.05) is 33.8 Å². The molecule has 0 aliphatic heterocycles. The van der Waals surface area contributed by atoms with Crippen LogP contribution in [-0.4, -0.2) is 23.3 Å². The summed E-state index contributed by atoms with van der Waals surface area (Å²) in [5.74, 6) is -1.88. The van der Waals surface area contributed by atoms with Gasteiger partial charge in [-0.1, -0.05) is 57.6 Å². The fourth-order valence-electron chi connectivity index (χ4n) is 3.82. The highest BCUT2D eigenvalue weighted by atomic mass is 19.1. The second-order valence-electron chi connectivity index (χ2n) is 8.74. The zero-order chi connectivity index (χ0) is 21.7. The Balaban J connectivity index is 2.73. The molecule has 3 nitrogen and oxygen atoms in total. The topological polar surface area (TPSA) is 38.7 Å².